The molecule has 1 aliphatic rings. The molecule has 1 saturated carbocycles. The maximum Gasteiger partial charge on any atom is 0.338 e. The molecular weight excluding hydrogens is 271 g/mol. The number of halogens is 1. The largest absolute Gasteiger partial charge is 0.478 e. The van der Waals surface area contributed by atoms with Crippen molar-refractivity contribution in [2.24, 2.45) is 5.92 Å². The molecule has 1 aromatic carbocycles. The Kier molecular flexibility index (Phi) is 3.89. The van der Waals surface area contributed by atoms with Crippen LogP contribution in [0.15, 0.2) is 23.1 Å². The first-order valence-corrected chi connectivity index (χ1v) is 7.81. The van der Waals surface area contributed by atoms with Crippen LogP contribution in [0.5, 0.6) is 0 Å². The Hall–Kier alpha value is -1.43. The molecule has 1 aromatic rings. The lowest BCUT2D eigenvalue weighted by atomic mass is 10.1. The predicted octanol–water partition coefficient (Wildman–Crippen LogP) is 2.49. The van der Waals surface area contributed by atoms with Crippen molar-refractivity contribution in [3.8, 4) is 0 Å². The van der Waals surface area contributed by atoms with E-state index in [-0.39, 0.29) is 16.6 Å². The summed E-state index contributed by atoms with van der Waals surface area (Å²) in [6.45, 7) is 0. The first-order chi connectivity index (χ1) is 8.90. The van der Waals surface area contributed by atoms with Gasteiger partial charge in [-0.2, -0.15) is 0 Å². The smallest absolute Gasteiger partial charge is 0.338 e. The fourth-order valence-corrected chi connectivity index (χ4v) is 4.16. The van der Waals surface area contributed by atoms with E-state index in [4.69, 9.17) is 5.11 Å². The Balaban J connectivity index is 2.29. The third kappa shape index (κ3) is 3.12. The Morgan fingerprint density at radius 3 is 2.53 bits per heavy atom. The van der Waals surface area contributed by atoms with Crippen molar-refractivity contribution in [1.82, 2.24) is 0 Å². The summed E-state index contributed by atoms with van der Waals surface area (Å²) in [6, 6.07) is 2.93. The van der Waals surface area contributed by atoms with E-state index >= 15 is 0 Å². The number of sulfone groups is 1. The molecule has 104 valence electrons. The second-order valence-corrected chi connectivity index (χ2v) is 6.91. The zero-order chi connectivity index (χ0) is 14.0. The van der Waals surface area contributed by atoms with Gasteiger partial charge in [0.15, 0.2) is 9.84 Å². The highest BCUT2D eigenvalue weighted by Gasteiger charge is 2.25. The van der Waals surface area contributed by atoms with Gasteiger partial charge in [-0.05, 0) is 37.0 Å². The molecule has 0 atom stereocenters. The van der Waals surface area contributed by atoms with Gasteiger partial charge in [-0.25, -0.2) is 17.6 Å². The molecule has 4 nitrogen and oxygen atoms in total. The van der Waals surface area contributed by atoms with Gasteiger partial charge in [0, 0.05) is 0 Å². The Morgan fingerprint density at radius 2 is 1.95 bits per heavy atom. The third-order valence-corrected chi connectivity index (χ3v) is 5.34. The monoisotopic (exact) mass is 286 g/mol. The van der Waals surface area contributed by atoms with Gasteiger partial charge in [0.1, 0.15) is 5.82 Å². The van der Waals surface area contributed by atoms with Crippen molar-refractivity contribution in [2.45, 2.75) is 30.6 Å². The zero-order valence-electron chi connectivity index (χ0n) is 10.3. The van der Waals surface area contributed by atoms with Crippen LogP contribution < -0.4 is 0 Å². The van der Waals surface area contributed by atoms with E-state index in [0.717, 1.165) is 43.9 Å². The maximum atomic E-state index is 13.2. The van der Waals surface area contributed by atoms with Crippen molar-refractivity contribution >= 4 is 15.8 Å². The molecule has 1 N–H and O–H groups in total. The standard InChI is InChI=1S/C13H15FO4S/c14-12-6-5-10(7-11(12)13(15)16)19(17,18)8-9-3-1-2-4-9/h5-7,9H,1-4,8H2,(H,15,16). The molecule has 1 fully saturated rings. The number of carboxylic acids is 1. The number of hydrogen-bond donors (Lipinski definition) is 1. The minimum atomic E-state index is -3.55. The maximum absolute atomic E-state index is 13.2. The minimum Gasteiger partial charge on any atom is -0.478 e. The van der Waals surface area contributed by atoms with Crippen LogP contribution in [0.25, 0.3) is 0 Å². The van der Waals surface area contributed by atoms with E-state index in [1.54, 1.807) is 0 Å². The lowest BCUT2D eigenvalue weighted by molar-refractivity contribution is 0.0691. The molecule has 0 unspecified atom stereocenters. The van der Waals surface area contributed by atoms with Gasteiger partial charge in [0.2, 0.25) is 0 Å². The molecule has 1 aliphatic carbocycles. The van der Waals surface area contributed by atoms with E-state index < -0.39 is 27.2 Å². The average Bonchev–Trinajstić information content (AvgIpc) is 2.80. The number of aromatic carboxylic acids is 1. The topological polar surface area (TPSA) is 71.4 Å². The molecule has 0 aromatic heterocycles. The quantitative estimate of drug-likeness (QED) is 0.863. The van der Waals surface area contributed by atoms with Crippen LogP contribution in [0.4, 0.5) is 4.39 Å². The fourth-order valence-electron chi connectivity index (χ4n) is 2.45. The molecule has 6 heteroatoms. The summed E-state index contributed by atoms with van der Waals surface area (Å²) >= 11 is 0. The van der Waals surface area contributed by atoms with Gasteiger partial charge in [-0.3, -0.25) is 0 Å². The van der Waals surface area contributed by atoms with Gasteiger partial charge in [0.25, 0.3) is 0 Å². The number of rotatable bonds is 4. The number of carbonyl (C=O) groups is 1. The molecule has 0 amide bonds. The van der Waals surface area contributed by atoms with Crippen LogP contribution in [0.2, 0.25) is 0 Å². The summed E-state index contributed by atoms with van der Waals surface area (Å²) < 4.78 is 37.6. The lowest BCUT2D eigenvalue weighted by Crippen LogP contribution is -2.15. The number of hydrogen-bond acceptors (Lipinski definition) is 3. The SMILES string of the molecule is O=C(O)c1cc(S(=O)(=O)CC2CCCC2)ccc1F. The average molecular weight is 286 g/mol. The molecule has 2 rings (SSSR count). The van der Waals surface area contributed by atoms with Gasteiger partial charge < -0.3 is 5.11 Å². The van der Waals surface area contributed by atoms with E-state index in [0.29, 0.717) is 0 Å². The van der Waals surface area contributed by atoms with E-state index in [1.165, 1.54) is 0 Å². The molecule has 0 bridgehead atoms. The summed E-state index contributed by atoms with van der Waals surface area (Å²) in [5.41, 5.74) is -0.604. The Labute approximate surface area is 111 Å². The van der Waals surface area contributed by atoms with Crippen LogP contribution in [-0.4, -0.2) is 25.2 Å². The normalized spacial score (nSPS) is 16.7. The second-order valence-electron chi connectivity index (χ2n) is 4.88. The third-order valence-electron chi connectivity index (χ3n) is 3.46. The van der Waals surface area contributed by atoms with Crippen LogP contribution in [0, 0.1) is 11.7 Å². The molecule has 0 radical (unpaired) electrons. The first-order valence-electron chi connectivity index (χ1n) is 6.16. The van der Waals surface area contributed by atoms with E-state index in [1.807, 2.05) is 0 Å². The Bertz CT molecular complexity index is 589. The predicted molar refractivity (Wildman–Crippen MR) is 67.4 cm³/mol. The molecule has 0 spiro atoms. The van der Waals surface area contributed by atoms with Crippen LogP contribution in [0.3, 0.4) is 0 Å². The second kappa shape index (κ2) is 5.28. The summed E-state index contributed by atoms with van der Waals surface area (Å²) in [4.78, 5) is 10.7. The van der Waals surface area contributed by atoms with Crippen molar-refractivity contribution in [2.75, 3.05) is 5.75 Å². The fraction of sp³-hybridized carbons (Fsp3) is 0.462. The van der Waals surface area contributed by atoms with Crippen molar-refractivity contribution in [3.05, 3.63) is 29.6 Å². The van der Waals surface area contributed by atoms with Crippen molar-refractivity contribution in [3.63, 3.8) is 0 Å². The van der Waals surface area contributed by atoms with Crippen LogP contribution >= 0.6 is 0 Å². The molecule has 19 heavy (non-hydrogen) atoms. The summed E-state index contributed by atoms with van der Waals surface area (Å²) in [5.74, 6) is -2.25. The zero-order valence-corrected chi connectivity index (χ0v) is 11.1. The van der Waals surface area contributed by atoms with Gasteiger partial charge in [0.05, 0.1) is 16.2 Å². The highest BCUT2D eigenvalue weighted by molar-refractivity contribution is 7.91. The van der Waals surface area contributed by atoms with E-state index in [9.17, 15) is 17.6 Å². The number of benzene rings is 1. The summed E-state index contributed by atoms with van der Waals surface area (Å²) in [5, 5.41) is 8.81. The van der Waals surface area contributed by atoms with Crippen LogP contribution in [0.1, 0.15) is 36.0 Å². The lowest BCUT2D eigenvalue weighted by Gasteiger charge is -2.10. The highest BCUT2D eigenvalue weighted by Crippen LogP contribution is 2.28. The van der Waals surface area contributed by atoms with Gasteiger partial charge in [-0.15, -0.1) is 0 Å². The van der Waals surface area contributed by atoms with E-state index in [2.05, 4.69) is 0 Å². The van der Waals surface area contributed by atoms with Crippen LogP contribution in [-0.2, 0) is 9.84 Å². The summed E-state index contributed by atoms with van der Waals surface area (Å²) in [7, 11) is -3.55. The highest BCUT2D eigenvalue weighted by atomic mass is 32.2. The first kappa shape index (κ1) is 14.0. The summed E-state index contributed by atoms with van der Waals surface area (Å²) in [6.07, 6.45) is 3.83. The van der Waals surface area contributed by atoms with Crippen molar-refractivity contribution < 1.29 is 22.7 Å². The Morgan fingerprint density at radius 1 is 1.32 bits per heavy atom. The van der Waals surface area contributed by atoms with Gasteiger partial charge in [-0.1, -0.05) is 12.8 Å². The molecule has 0 heterocycles. The minimum absolute atomic E-state index is 0.0116. The molecular formula is C13H15FO4S. The van der Waals surface area contributed by atoms with Gasteiger partial charge >= 0.3 is 5.97 Å². The van der Waals surface area contributed by atoms with Crippen molar-refractivity contribution in [1.29, 1.82) is 0 Å². The number of carboxylic acid groups (broad SMARTS) is 1. The molecule has 0 saturated heterocycles. The molecule has 0 aliphatic heterocycles.